The molecule has 0 bridgehead atoms. The fraction of sp³-hybridized carbons (Fsp3) is 0.250. The highest BCUT2D eigenvalue weighted by Crippen LogP contribution is 2.26. The standard InChI is InChI=1S/C8H6F2N2O3/c1-4-5(8(9)10)2-7(12(14)15)11-6(4)3-13/h2-3,8H,1H3. The maximum absolute atomic E-state index is 12.4. The van der Waals surface area contributed by atoms with Crippen molar-refractivity contribution in [2.24, 2.45) is 0 Å². The van der Waals surface area contributed by atoms with Crippen molar-refractivity contribution in [2.75, 3.05) is 0 Å². The lowest BCUT2D eigenvalue weighted by molar-refractivity contribution is -0.389. The van der Waals surface area contributed by atoms with Crippen LogP contribution in [0.4, 0.5) is 14.6 Å². The topological polar surface area (TPSA) is 73.1 Å². The van der Waals surface area contributed by atoms with Gasteiger partial charge in [0.2, 0.25) is 5.69 Å². The molecule has 0 spiro atoms. The van der Waals surface area contributed by atoms with E-state index < -0.39 is 22.7 Å². The third-order valence-electron chi connectivity index (χ3n) is 1.87. The number of carbonyl (C=O) groups excluding carboxylic acids is 1. The van der Waals surface area contributed by atoms with E-state index in [0.29, 0.717) is 6.07 Å². The Morgan fingerprint density at radius 2 is 2.20 bits per heavy atom. The summed E-state index contributed by atoms with van der Waals surface area (Å²) in [7, 11) is 0. The van der Waals surface area contributed by atoms with Gasteiger partial charge in [-0.25, -0.2) is 8.78 Å². The maximum Gasteiger partial charge on any atom is 0.364 e. The van der Waals surface area contributed by atoms with Crippen molar-refractivity contribution in [3.8, 4) is 0 Å². The first-order valence-corrected chi connectivity index (χ1v) is 3.86. The van der Waals surface area contributed by atoms with Gasteiger partial charge in [0.1, 0.15) is 0 Å². The first kappa shape index (κ1) is 11.2. The number of aldehydes is 1. The monoisotopic (exact) mass is 216 g/mol. The van der Waals surface area contributed by atoms with Crippen molar-refractivity contribution in [2.45, 2.75) is 13.3 Å². The molecule has 1 heterocycles. The number of hydrogen-bond donors (Lipinski definition) is 0. The van der Waals surface area contributed by atoms with Crippen LogP contribution < -0.4 is 0 Å². The minimum absolute atomic E-state index is 0.0365. The molecule has 0 fully saturated rings. The average molecular weight is 216 g/mol. The highest BCUT2D eigenvalue weighted by molar-refractivity contribution is 5.75. The molecule has 5 nitrogen and oxygen atoms in total. The number of nitrogens with zero attached hydrogens (tertiary/aromatic N) is 2. The molecular weight excluding hydrogens is 210 g/mol. The van der Waals surface area contributed by atoms with Gasteiger partial charge in [-0.05, 0) is 16.8 Å². The van der Waals surface area contributed by atoms with E-state index in [1.165, 1.54) is 6.92 Å². The summed E-state index contributed by atoms with van der Waals surface area (Å²) in [4.78, 5) is 23.2. The molecule has 0 aliphatic carbocycles. The molecule has 1 aromatic rings. The zero-order valence-corrected chi connectivity index (χ0v) is 7.61. The number of carbonyl (C=O) groups is 1. The van der Waals surface area contributed by atoms with E-state index in [1.54, 1.807) is 0 Å². The molecule has 0 aromatic carbocycles. The summed E-state index contributed by atoms with van der Waals surface area (Å²) < 4.78 is 24.8. The largest absolute Gasteiger partial charge is 0.364 e. The molecule has 0 saturated heterocycles. The van der Waals surface area contributed by atoms with E-state index in [0.717, 1.165) is 0 Å². The van der Waals surface area contributed by atoms with Crippen LogP contribution in [-0.2, 0) is 0 Å². The van der Waals surface area contributed by atoms with Crippen LogP contribution in [-0.4, -0.2) is 16.2 Å². The van der Waals surface area contributed by atoms with Gasteiger partial charge in [0, 0.05) is 17.2 Å². The van der Waals surface area contributed by atoms with Crippen LogP contribution in [0.1, 0.15) is 28.0 Å². The van der Waals surface area contributed by atoms with Gasteiger partial charge in [-0.1, -0.05) is 0 Å². The Labute approximate surface area is 82.9 Å². The van der Waals surface area contributed by atoms with Crippen LogP contribution in [0.25, 0.3) is 0 Å². The van der Waals surface area contributed by atoms with E-state index in [4.69, 9.17) is 0 Å². The zero-order valence-electron chi connectivity index (χ0n) is 7.61. The van der Waals surface area contributed by atoms with E-state index in [-0.39, 0.29) is 17.5 Å². The Morgan fingerprint density at radius 1 is 1.60 bits per heavy atom. The van der Waals surface area contributed by atoms with E-state index in [2.05, 4.69) is 4.98 Å². The Balaban J connectivity index is 3.45. The molecule has 0 saturated carbocycles. The molecule has 0 amide bonds. The first-order chi connectivity index (χ1) is 6.97. The summed E-state index contributed by atoms with van der Waals surface area (Å²) in [6, 6.07) is 0.674. The Bertz CT molecular complexity index is 421. The lowest BCUT2D eigenvalue weighted by Crippen LogP contribution is -2.03. The highest BCUT2D eigenvalue weighted by atomic mass is 19.3. The molecule has 1 rings (SSSR count). The van der Waals surface area contributed by atoms with Gasteiger partial charge in [-0.15, -0.1) is 0 Å². The summed E-state index contributed by atoms with van der Waals surface area (Å²) in [6.45, 7) is 1.27. The summed E-state index contributed by atoms with van der Waals surface area (Å²) in [5.41, 5.74) is -0.913. The minimum Gasteiger partial charge on any atom is -0.358 e. The van der Waals surface area contributed by atoms with Crippen LogP contribution in [0.15, 0.2) is 6.07 Å². The van der Waals surface area contributed by atoms with Crippen LogP contribution >= 0.6 is 0 Å². The molecule has 7 heteroatoms. The molecule has 80 valence electrons. The normalized spacial score (nSPS) is 10.4. The summed E-state index contributed by atoms with van der Waals surface area (Å²) in [5.74, 6) is -0.752. The van der Waals surface area contributed by atoms with E-state index >= 15 is 0 Å². The summed E-state index contributed by atoms with van der Waals surface area (Å²) in [5, 5.41) is 10.3. The predicted octanol–water partition coefficient (Wildman–Crippen LogP) is 2.05. The summed E-state index contributed by atoms with van der Waals surface area (Å²) in [6.07, 6.45) is -2.65. The third-order valence-corrected chi connectivity index (χ3v) is 1.87. The molecule has 0 aliphatic heterocycles. The van der Waals surface area contributed by atoms with Crippen LogP contribution in [0, 0.1) is 17.0 Å². The Morgan fingerprint density at radius 3 is 2.60 bits per heavy atom. The fourth-order valence-electron chi connectivity index (χ4n) is 1.07. The van der Waals surface area contributed by atoms with Gasteiger partial charge in [-0.3, -0.25) is 4.79 Å². The average Bonchev–Trinajstić information content (AvgIpc) is 2.17. The molecule has 0 unspecified atom stereocenters. The smallest absolute Gasteiger partial charge is 0.358 e. The van der Waals surface area contributed by atoms with Crippen molar-refractivity contribution in [3.05, 3.63) is 33.0 Å². The lowest BCUT2D eigenvalue weighted by Gasteiger charge is -2.03. The van der Waals surface area contributed by atoms with Crippen molar-refractivity contribution >= 4 is 12.1 Å². The van der Waals surface area contributed by atoms with Gasteiger partial charge >= 0.3 is 5.82 Å². The number of alkyl halides is 2. The van der Waals surface area contributed by atoms with Crippen molar-refractivity contribution in [1.82, 2.24) is 4.98 Å². The zero-order chi connectivity index (χ0) is 11.6. The second kappa shape index (κ2) is 4.07. The molecule has 0 N–H and O–H groups in total. The van der Waals surface area contributed by atoms with E-state index in [9.17, 15) is 23.7 Å². The van der Waals surface area contributed by atoms with Crippen LogP contribution in [0.3, 0.4) is 0 Å². The van der Waals surface area contributed by atoms with Crippen LogP contribution in [0.2, 0.25) is 0 Å². The number of aromatic nitrogens is 1. The number of nitro groups is 1. The van der Waals surface area contributed by atoms with Gasteiger partial charge in [0.15, 0.2) is 6.29 Å². The predicted molar refractivity (Wildman–Crippen MR) is 46.0 cm³/mol. The van der Waals surface area contributed by atoms with Crippen molar-refractivity contribution in [1.29, 1.82) is 0 Å². The van der Waals surface area contributed by atoms with E-state index in [1.807, 2.05) is 0 Å². The molecule has 0 radical (unpaired) electrons. The second-order valence-electron chi connectivity index (χ2n) is 2.76. The second-order valence-corrected chi connectivity index (χ2v) is 2.76. The SMILES string of the molecule is Cc1c(C(F)F)cc([N+](=O)[O-])nc1C=O. The maximum atomic E-state index is 12.4. The fourth-order valence-corrected chi connectivity index (χ4v) is 1.07. The highest BCUT2D eigenvalue weighted by Gasteiger charge is 2.22. The first-order valence-electron chi connectivity index (χ1n) is 3.86. The van der Waals surface area contributed by atoms with Crippen molar-refractivity contribution in [3.63, 3.8) is 0 Å². The quantitative estimate of drug-likeness (QED) is 0.440. The molecule has 1 aromatic heterocycles. The van der Waals surface area contributed by atoms with Crippen LogP contribution in [0.5, 0.6) is 0 Å². The number of rotatable bonds is 3. The molecule has 0 aliphatic rings. The third kappa shape index (κ3) is 2.12. The van der Waals surface area contributed by atoms with Gasteiger partial charge in [0.05, 0.1) is 0 Å². The Hall–Kier alpha value is -1.92. The lowest BCUT2D eigenvalue weighted by atomic mass is 10.1. The molecular formula is C8H6F2N2O3. The van der Waals surface area contributed by atoms with Crippen molar-refractivity contribution < 1.29 is 18.5 Å². The summed E-state index contributed by atoms with van der Waals surface area (Å²) >= 11 is 0. The minimum atomic E-state index is -2.87. The molecule has 15 heavy (non-hydrogen) atoms. The molecule has 0 atom stereocenters. The number of pyridine rings is 1. The number of halogens is 2. The van der Waals surface area contributed by atoms with Gasteiger partial charge in [0.25, 0.3) is 6.43 Å². The van der Waals surface area contributed by atoms with Gasteiger partial charge < -0.3 is 10.1 Å². The Kier molecular flexibility index (Phi) is 3.03. The number of hydrogen-bond acceptors (Lipinski definition) is 4. The van der Waals surface area contributed by atoms with Gasteiger partial charge in [-0.2, -0.15) is 0 Å².